The van der Waals surface area contributed by atoms with Gasteiger partial charge in [0.15, 0.2) is 5.76 Å². The zero-order valence-corrected chi connectivity index (χ0v) is 14.2. The molecule has 0 atom stereocenters. The summed E-state index contributed by atoms with van der Waals surface area (Å²) < 4.78 is 10.8. The van der Waals surface area contributed by atoms with Gasteiger partial charge in [-0.2, -0.15) is 0 Å². The van der Waals surface area contributed by atoms with E-state index in [1.54, 1.807) is 6.92 Å². The molecule has 4 rings (SSSR count). The van der Waals surface area contributed by atoms with Crippen molar-refractivity contribution in [2.45, 2.75) is 6.92 Å². The normalized spacial score (nSPS) is 10.8. The molecule has 0 N–H and O–H groups in total. The highest BCUT2D eigenvalue weighted by atomic mass is 16.5. The largest absolute Gasteiger partial charge is 0.462 e. The number of fused-ring (bicyclic) bond motifs is 1. The Morgan fingerprint density at radius 1 is 1.00 bits per heavy atom. The molecule has 2 aromatic carbocycles. The second-order valence-corrected chi connectivity index (χ2v) is 5.71. The highest BCUT2D eigenvalue weighted by Crippen LogP contribution is 2.32. The number of ether oxygens (including phenoxy) is 1. The Bertz CT molecular complexity index is 1070. The quantitative estimate of drug-likeness (QED) is 0.501. The van der Waals surface area contributed by atoms with Gasteiger partial charge in [0.1, 0.15) is 11.3 Å². The summed E-state index contributed by atoms with van der Waals surface area (Å²) in [5, 5.41) is 5.15. The second-order valence-electron chi connectivity index (χ2n) is 5.71. The first-order valence-electron chi connectivity index (χ1n) is 8.36. The first-order chi connectivity index (χ1) is 12.8. The Morgan fingerprint density at radius 3 is 2.58 bits per heavy atom. The summed E-state index contributed by atoms with van der Waals surface area (Å²) in [6, 6.07) is 20.9. The monoisotopic (exact) mass is 344 g/mol. The molecule has 128 valence electrons. The van der Waals surface area contributed by atoms with Gasteiger partial charge in [-0.1, -0.05) is 59.8 Å². The number of carbonyl (C=O) groups excluding carboxylic acids is 1. The third-order valence-electron chi connectivity index (χ3n) is 4.05. The predicted molar refractivity (Wildman–Crippen MR) is 98.6 cm³/mol. The Balaban J connectivity index is 1.90. The van der Waals surface area contributed by atoms with Crippen LogP contribution >= 0.6 is 0 Å². The van der Waals surface area contributed by atoms with Crippen molar-refractivity contribution >= 4 is 16.9 Å². The van der Waals surface area contributed by atoms with Gasteiger partial charge in [0.25, 0.3) is 0 Å². The fourth-order valence-electron chi connectivity index (χ4n) is 2.84. The van der Waals surface area contributed by atoms with Gasteiger partial charge in [-0.15, -0.1) is 0 Å². The van der Waals surface area contributed by atoms with Crippen molar-refractivity contribution < 1.29 is 14.1 Å². The number of nitrogens with zero attached hydrogens (tertiary/aromatic N) is 2. The third kappa shape index (κ3) is 2.84. The Hall–Kier alpha value is -3.47. The van der Waals surface area contributed by atoms with Gasteiger partial charge in [-0.25, -0.2) is 9.78 Å². The molecule has 0 fully saturated rings. The minimum atomic E-state index is -0.474. The molecule has 0 amide bonds. The Morgan fingerprint density at radius 2 is 1.77 bits per heavy atom. The van der Waals surface area contributed by atoms with Crippen molar-refractivity contribution in [2.24, 2.45) is 0 Å². The number of hydrogen-bond donors (Lipinski definition) is 0. The molecular weight excluding hydrogens is 328 g/mol. The van der Waals surface area contributed by atoms with E-state index in [1.165, 1.54) is 0 Å². The van der Waals surface area contributed by atoms with Crippen LogP contribution in [0.4, 0.5) is 0 Å². The first kappa shape index (κ1) is 16.0. The van der Waals surface area contributed by atoms with Crippen LogP contribution in [0.5, 0.6) is 0 Å². The van der Waals surface area contributed by atoms with E-state index >= 15 is 0 Å². The van der Waals surface area contributed by atoms with E-state index in [1.807, 2.05) is 66.7 Å². The van der Waals surface area contributed by atoms with Gasteiger partial charge < -0.3 is 9.26 Å². The van der Waals surface area contributed by atoms with Gasteiger partial charge in [0, 0.05) is 10.9 Å². The maximum Gasteiger partial charge on any atom is 0.344 e. The number of aromatic nitrogens is 2. The highest BCUT2D eigenvalue weighted by Gasteiger charge is 2.27. The lowest BCUT2D eigenvalue weighted by Gasteiger charge is -2.05. The van der Waals surface area contributed by atoms with Crippen LogP contribution in [0.1, 0.15) is 17.3 Å². The molecule has 2 aromatic heterocycles. The Labute approximate surface area is 150 Å². The van der Waals surface area contributed by atoms with Crippen molar-refractivity contribution in [1.82, 2.24) is 10.1 Å². The molecule has 4 aromatic rings. The molecule has 0 spiro atoms. The van der Waals surface area contributed by atoms with Crippen LogP contribution in [0.2, 0.25) is 0 Å². The molecule has 0 saturated carbocycles. The van der Waals surface area contributed by atoms with E-state index < -0.39 is 5.97 Å². The fraction of sp³-hybridized carbons (Fsp3) is 0.0952. The lowest BCUT2D eigenvalue weighted by Crippen LogP contribution is -2.07. The van der Waals surface area contributed by atoms with E-state index in [0.29, 0.717) is 22.7 Å². The maximum absolute atomic E-state index is 12.6. The van der Waals surface area contributed by atoms with Crippen molar-refractivity contribution in [1.29, 1.82) is 0 Å². The summed E-state index contributed by atoms with van der Waals surface area (Å²) in [6.07, 6.45) is 0. The maximum atomic E-state index is 12.6. The van der Waals surface area contributed by atoms with Crippen LogP contribution < -0.4 is 0 Å². The summed E-state index contributed by atoms with van der Waals surface area (Å²) in [5.41, 5.74) is 2.82. The van der Waals surface area contributed by atoms with E-state index in [0.717, 1.165) is 16.5 Å². The molecule has 0 radical (unpaired) electrons. The number of pyridine rings is 1. The number of benzene rings is 2. The molecule has 0 saturated heterocycles. The zero-order chi connectivity index (χ0) is 17.9. The number of para-hydroxylation sites is 1. The topological polar surface area (TPSA) is 65.2 Å². The van der Waals surface area contributed by atoms with Crippen LogP contribution in [-0.4, -0.2) is 22.7 Å². The Kier molecular flexibility index (Phi) is 4.19. The average Bonchev–Trinajstić information content (AvgIpc) is 3.14. The lowest BCUT2D eigenvalue weighted by molar-refractivity contribution is 0.0527. The summed E-state index contributed by atoms with van der Waals surface area (Å²) in [6.45, 7) is 2.03. The summed E-state index contributed by atoms with van der Waals surface area (Å²) in [7, 11) is 0. The SMILES string of the molecule is CCOC(=O)c1c(-c2ccc3ccccc3n2)noc1-c1ccccc1. The molecule has 0 aliphatic heterocycles. The summed E-state index contributed by atoms with van der Waals surface area (Å²) in [4.78, 5) is 17.2. The van der Waals surface area contributed by atoms with Crippen LogP contribution in [0, 0.1) is 0 Å². The molecular formula is C21H16N2O3. The van der Waals surface area contributed by atoms with Gasteiger partial charge in [-0.3, -0.25) is 0 Å². The van der Waals surface area contributed by atoms with Crippen LogP contribution in [0.25, 0.3) is 33.6 Å². The molecule has 26 heavy (non-hydrogen) atoms. The summed E-state index contributed by atoms with van der Waals surface area (Å²) >= 11 is 0. The van der Waals surface area contributed by atoms with Crippen molar-refractivity contribution in [3.8, 4) is 22.7 Å². The van der Waals surface area contributed by atoms with Crippen LogP contribution in [0.15, 0.2) is 71.3 Å². The van der Waals surface area contributed by atoms with Crippen molar-refractivity contribution in [3.05, 3.63) is 72.3 Å². The van der Waals surface area contributed by atoms with Gasteiger partial charge >= 0.3 is 5.97 Å². The molecule has 2 heterocycles. The molecule has 0 aliphatic carbocycles. The molecule has 0 unspecified atom stereocenters. The average molecular weight is 344 g/mol. The lowest BCUT2D eigenvalue weighted by atomic mass is 10.0. The number of carbonyl (C=O) groups is 1. The van der Waals surface area contributed by atoms with Gasteiger partial charge in [0.2, 0.25) is 0 Å². The smallest absolute Gasteiger partial charge is 0.344 e. The number of rotatable bonds is 4. The number of esters is 1. The zero-order valence-electron chi connectivity index (χ0n) is 14.2. The van der Waals surface area contributed by atoms with Gasteiger partial charge in [-0.05, 0) is 19.1 Å². The third-order valence-corrected chi connectivity index (χ3v) is 4.05. The predicted octanol–water partition coefficient (Wildman–Crippen LogP) is 4.73. The van der Waals surface area contributed by atoms with E-state index in [2.05, 4.69) is 10.1 Å². The fourth-order valence-corrected chi connectivity index (χ4v) is 2.84. The van der Waals surface area contributed by atoms with E-state index in [-0.39, 0.29) is 6.61 Å². The van der Waals surface area contributed by atoms with Gasteiger partial charge in [0.05, 0.1) is 17.8 Å². The summed E-state index contributed by atoms with van der Waals surface area (Å²) in [5.74, 6) is -0.0911. The first-order valence-corrected chi connectivity index (χ1v) is 8.36. The minimum Gasteiger partial charge on any atom is -0.462 e. The van der Waals surface area contributed by atoms with Crippen LogP contribution in [0.3, 0.4) is 0 Å². The molecule has 5 nitrogen and oxygen atoms in total. The van der Waals surface area contributed by atoms with E-state index in [9.17, 15) is 4.79 Å². The minimum absolute atomic E-state index is 0.267. The molecule has 5 heteroatoms. The van der Waals surface area contributed by atoms with Crippen LogP contribution in [-0.2, 0) is 4.74 Å². The molecule has 0 bridgehead atoms. The number of hydrogen-bond acceptors (Lipinski definition) is 5. The van der Waals surface area contributed by atoms with E-state index in [4.69, 9.17) is 9.26 Å². The van der Waals surface area contributed by atoms with Crippen molar-refractivity contribution in [3.63, 3.8) is 0 Å². The highest BCUT2D eigenvalue weighted by molar-refractivity contribution is 6.01. The molecule has 0 aliphatic rings. The van der Waals surface area contributed by atoms with Crippen molar-refractivity contribution in [2.75, 3.05) is 6.61 Å². The standard InChI is InChI=1S/C21H16N2O3/c1-2-25-21(24)18-19(23-26-20(18)15-9-4-3-5-10-15)17-13-12-14-8-6-7-11-16(14)22-17/h3-13H,2H2,1H3. The second kappa shape index (κ2) is 6.80.